The standard InChI is InChI=1S/C13H15N5S/c1-13(2,3)10-8-19-12-16-15-11(18(12)17-10)9-5-4-6-14-7-9/h4-7H,8H2,1-3H3. The van der Waals surface area contributed by atoms with Crippen LogP contribution in [-0.2, 0) is 0 Å². The van der Waals surface area contributed by atoms with Crippen molar-refractivity contribution in [2.75, 3.05) is 5.75 Å². The molecule has 0 N–H and O–H groups in total. The molecule has 0 amide bonds. The van der Waals surface area contributed by atoms with E-state index in [0.717, 1.165) is 28.0 Å². The maximum Gasteiger partial charge on any atom is 0.212 e. The summed E-state index contributed by atoms with van der Waals surface area (Å²) in [6, 6.07) is 3.86. The van der Waals surface area contributed by atoms with Gasteiger partial charge in [-0.25, -0.2) is 0 Å². The van der Waals surface area contributed by atoms with Crippen molar-refractivity contribution in [1.29, 1.82) is 0 Å². The van der Waals surface area contributed by atoms with Gasteiger partial charge in [0, 0.05) is 29.1 Å². The van der Waals surface area contributed by atoms with E-state index in [1.807, 2.05) is 16.8 Å². The molecule has 19 heavy (non-hydrogen) atoms. The number of nitrogens with zero attached hydrogens (tertiary/aromatic N) is 5. The molecule has 0 radical (unpaired) electrons. The minimum absolute atomic E-state index is 0.0567. The van der Waals surface area contributed by atoms with Crippen LogP contribution in [0.3, 0.4) is 0 Å². The molecule has 1 aliphatic heterocycles. The van der Waals surface area contributed by atoms with Crippen molar-refractivity contribution in [1.82, 2.24) is 19.9 Å². The number of fused-ring (bicyclic) bond motifs is 1. The second-order valence-corrected chi connectivity index (χ2v) is 6.39. The van der Waals surface area contributed by atoms with Crippen molar-refractivity contribution in [3.8, 4) is 11.4 Å². The molecule has 0 aromatic carbocycles. The lowest BCUT2D eigenvalue weighted by atomic mass is 9.91. The van der Waals surface area contributed by atoms with Crippen molar-refractivity contribution in [2.24, 2.45) is 10.5 Å². The number of aromatic nitrogens is 4. The first kappa shape index (κ1) is 12.3. The molecule has 3 rings (SSSR count). The number of hydrogen-bond donors (Lipinski definition) is 0. The summed E-state index contributed by atoms with van der Waals surface area (Å²) in [5.74, 6) is 1.62. The Morgan fingerprint density at radius 3 is 2.79 bits per heavy atom. The number of rotatable bonds is 1. The fraction of sp³-hybridized carbons (Fsp3) is 0.385. The van der Waals surface area contributed by atoms with Gasteiger partial charge in [0.1, 0.15) is 0 Å². The molecule has 6 heteroatoms. The maximum absolute atomic E-state index is 4.71. The molecule has 0 unspecified atom stereocenters. The molecule has 0 saturated carbocycles. The maximum atomic E-state index is 4.71. The molecule has 0 saturated heterocycles. The minimum atomic E-state index is 0.0567. The largest absolute Gasteiger partial charge is 0.264 e. The van der Waals surface area contributed by atoms with Crippen LogP contribution in [0.15, 0.2) is 34.8 Å². The van der Waals surface area contributed by atoms with Gasteiger partial charge in [-0.15, -0.1) is 10.2 Å². The topological polar surface area (TPSA) is 56.0 Å². The van der Waals surface area contributed by atoms with E-state index in [0.29, 0.717) is 0 Å². The van der Waals surface area contributed by atoms with Crippen LogP contribution in [0, 0.1) is 5.41 Å². The third-order valence-electron chi connectivity index (χ3n) is 2.96. The first-order valence-electron chi connectivity index (χ1n) is 6.12. The van der Waals surface area contributed by atoms with Crippen LogP contribution in [0.25, 0.3) is 11.4 Å². The Kier molecular flexibility index (Phi) is 2.89. The van der Waals surface area contributed by atoms with Crippen molar-refractivity contribution in [3.05, 3.63) is 24.5 Å². The number of thioether (sulfide) groups is 1. The summed E-state index contributed by atoms with van der Waals surface area (Å²) in [6.45, 7) is 6.52. The molecule has 5 nitrogen and oxygen atoms in total. The lowest BCUT2D eigenvalue weighted by Crippen LogP contribution is -2.26. The summed E-state index contributed by atoms with van der Waals surface area (Å²) >= 11 is 1.68. The third-order valence-corrected chi connectivity index (χ3v) is 3.89. The lowest BCUT2D eigenvalue weighted by Gasteiger charge is -2.24. The number of pyridine rings is 1. The van der Waals surface area contributed by atoms with E-state index in [2.05, 4.69) is 36.0 Å². The zero-order chi connectivity index (χ0) is 13.5. The first-order chi connectivity index (χ1) is 9.05. The first-order valence-corrected chi connectivity index (χ1v) is 7.11. The average molecular weight is 273 g/mol. The van der Waals surface area contributed by atoms with E-state index >= 15 is 0 Å². The zero-order valence-corrected chi connectivity index (χ0v) is 12.0. The van der Waals surface area contributed by atoms with Gasteiger partial charge in [0.15, 0.2) is 5.82 Å². The Hall–Kier alpha value is -1.69. The molecule has 0 fully saturated rings. The molecular weight excluding hydrogens is 258 g/mol. The Labute approximate surface area is 116 Å². The van der Waals surface area contributed by atoms with Gasteiger partial charge in [-0.2, -0.15) is 9.78 Å². The highest BCUT2D eigenvalue weighted by Crippen LogP contribution is 2.31. The zero-order valence-electron chi connectivity index (χ0n) is 11.2. The lowest BCUT2D eigenvalue weighted by molar-refractivity contribution is 0.574. The summed E-state index contributed by atoms with van der Waals surface area (Å²) in [5.41, 5.74) is 2.14. The highest BCUT2D eigenvalue weighted by atomic mass is 32.2. The molecule has 2 aromatic heterocycles. The monoisotopic (exact) mass is 273 g/mol. The molecule has 3 heterocycles. The molecular formula is C13H15N5S. The highest BCUT2D eigenvalue weighted by molar-refractivity contribution is 7.99. The Morgan fingerprint density at radius 2 is 2.11 bits per heavy atom. The van der Waals surface area contributed by atoms with Gasteiger partial charge in [0.25, 0.3) is 0 Å². The smallest absolute Gasteiger partial charge is 0.212 e. The second-order valence-electron chi connectivity index (χ2n) is 5.45. The van der Waals surface area contributed by atoms with Crippen LogP contribution in [0.1, 0.15) is 20.8 Å². The van der Waals surface area contributed by atoms with Crippen LogP contribution in [0.5, 0.6) is 0 Å². The summed E-state index contributed by atoms with van der Waals surface area (Å²) in [6.07, 6.45) is 3.53. The van der Waals surface area contributed by atoms with Gasteiger partial charge >= 0.3 is 0 Å². The number of hydrogen-bond acceptors (Lipinski definition) is 5. The van der Waals surface area contributed by atoms with Crippen LogP contribution >= 0.6 is 11.8 Å². The predicted molar refractivity (Wildman–Crippen MR) is 76.3 cm³/mol. The van der Waals surface area contributed by atoms with E-state index in [4.69, 9.17) is 5.10 Å². The SMILES string of the molecule is CC(C)(C)C1=Nn2c(nnc2-c2cccnc2)SC1. The molecule has 0 spiro atoms. The average Bonchev–Trinajstić information content (AvgIpc) is 2.81. The minimum Gasteiger partial charge on any atom is -0.264 e. The van der Waals surface area contributed by atoms with Gasteiger partial charge in [0.2, 0.25) is 5.16 Å². The molecule has 1 aliphatic rings. The Bertz CT molecular complexity index is 624. The van der Waals surface area contributed by atoms with Gasteiger partial charge in [-0.3, -0.25) is 4.98 Å². The molecule has 0 bridgehead atoms. The van der Waals surface area contributed by atoms with Crippen molar-refractivity contribution < 1.29 is 0 Å². The molecule has 0 aliphatic carbocycles. The van der Waals surface area contributed by atoms with Crippen LogP contribution in [0.4, 0.5) is 0 Å². The van der Waals surface area contributed by atoms with Crippen LogP contribution in [0.2, 0.25) is 0 Å². The van der Waals surface area contributed by atoms with Crippen molar-refractivity contribution >= 4 is 17.5 Å². The van der Waals surface area contributed by atoms with Crippen LogP contribution in [-0.4, -0.2) is 31.3 Å². The van der Waals surface area contributed by atoms with Crippen molar-refractivity contribution in [3.63, 3.8) is 0 Å². The van der Waals surface area contributed by atoms with E-state index < -0.39 is 0 Å². The van der Waals surface area contributed by atoms with Gasteiger partial charge < -0.3 is 0 Å². The molecule has 2 aromatic rings. The van der Waals surface area contributed by atoms with E-state index in [-0.39, 0.29) is 5.41 Å². The highest BCUT2D eigenvalue weighted by Gasteiger charge is 2.26. The van der Waals surface area contributed by atoms with E-state index in [9.17, 15) is 0 Å². The predicted octanol–water partition coefficient (Wildman–Crippen LogP) is 2.70. The summed E-state index contributed by atoms with van der Waals surface area (Å²) in [4.78, 5) is 4.12. The normalized spacial score (nSPS) is 15.0. The summed E-state index contributed by atoms with van der Waals surface area (Å²) in [5, 5.41) is 14.0. The van der Waals surface area contributed by atoms with Gasteiger partial charge in [0.05, 0.1) is 5.71 Å². The third kappa shape index (κ3) is 2.28. The fourth-order valence-corrected chi connectivity index (χ4v) is 2.87. The van der Waals surface area contributed by atoms with Crippen LogP contribution < -0.4 is 0 Å². The Morgan fingerprint density at radius 1 is 1.26 bits per heavy atom. The molecule has 0 atom stereocenters. The quantitative estimate of drug-likeness (QED) is 0.801. The van der Waals surface area contributed by atoms with Gasteiger partial charge in [-0.05, 0) is 12.1 Å². The van der Waals surface area contributed by atoms with E-state index in [1.54, 1.807) is 24.2 Å². The van der Waals surface area contributed by atoms with Gasteiger partial charge in [-0.1, -0.05) is 32.5 Å². The van der Waals surface area contributed by atoms with E-state index in [1.165, 1.54) is 0 Å². The van der Waals surface area contributed by atoms with Crippen molar-refractivity contribution in [2.45, 2.75) is 25.9 Å². The summed E-state index contributed by atoms with van der Waals surface area (Å²) < 4.78 is 1.83. The second kappa shape index (κ2) is 4.45. The summed E-state index contributed by atoms with van der Waals surface area (Å²) in [7, 11) is 0. The Balaban J connectivity index is 2.10. The molecule has 98 valence electrons. The fourth-order valence-electron chi connectivity index (χ4n) is 1.77.